The lowest BCUT2D eigenvalue weighted by Gasteiger charge is -2.39. The molecule has 0 N–H and O–H groups in total. The Morgan fingerprint density at radius 3 is 1.63 bits per heavy atom. The maximum atomic E-state index is 5.24. The summed E-state index contributed by atoms with van der Waals surface area (Å²) in [5.41, 5.74) is 14.5. The minimum Gasteiger partial charge on any atom is -0.264 e. The summed E-state index contributed by atoms with van der Waals surface area (Å²) in [6.07, 6.45) is 3.83. The van der Waals surface area contributed by atoms with Crippen LogP contribution in [0.5, 0.6) is 0 Å². The summed E-state index contributed by atoms with van der Waals surface area (Å²) in [6.45, 7) is 0. The highest BCUT2D eigenvalue weighted by molar-refractivity contribution is 7.99. The number of fused-ring (bicyclic) bond motifs is 10. The third kappa shape index (κ3) is 4.67. The Morgan fingerprint density at radius 1 is 0.407 bits per heavy atom. The van der Waals surface area contributed by atoms with Crippen molar-refractivity contribution in [3.63, 3.8) is 0 Å². The van der Waals surface area contributed by atoms with Crippen LogP contribution in [0.4, 0.5) is 0 Å². The Labute approximate surface area is 318 Å². The monoisotopic (exact) mass is 705 g/mol. The van der Waals surface area contributed by atoms with Gasteiger partial charge in [0.15, 0.2) is 5.82 Å². The van der Waals surface area contributed by atoms with Crippen LogP contribution in [0.15, 0.2) is 198 Å². The molecule has 1 spiro atoms. The molecule has 3 nitrogen and oxygen atoms in total. The van der Waals surface area contributed by atoms with E-state index in [1.807, 2.05) is 36.3 Å². The molecule has 2 aromatic heterocycles. The molecule has 0 radical (unpaired) electrons. The SMILES string of the molecule is c1ccc(-c2cc(-c3ccccc3)nc(-c3ccc4c(c3)-c3cc(-c5cccc6cnccc56)ccc3C43c4ccccc4Sc4ccccc43)n2)cc1. The second-order valence-corrected chi connectivity index (χ2v) is 15.0. The van der Waals surface area contributed by atoms with E-state index in [1.54, 1.807) is 0 Å². The van der Waals surface area contributed by atoms with Crippen LogP contribution in [-0.2, 0) is 5.41 Å². The van der Waals surface area contributed by atoms with E-state index < -0.39 is 5.41 Å². The zero-order chi connectivity index (χ0) is 35.6. The van der Waals surface area contributed by atoms with E-state index in [0.29, 0.717) is 5.82 Å². The highest BCUT2D eigenvalue weighted by Gasteiger charge is 2.50. The molecule has 2 aliphatic rings. The Balaban J connectivity index is 1.19. The topological polar surface area (TPSA) is 38.7 Å². The largest absolute Gasteiger partial charge is 0.264 e. The smallest absolute Gasteiger partial charge is 0.160 e. The van der Waals surface area contributed by atoms with Crippen LogP contribution < -0.4 is 0 Å². The number of rotatable bonds is 4. The molecule has 11 rings (SSSR count). The zero-order valence-electron chi connectivity index (χ0n) is 29.1. The van der Waals surface area contributed by atoms with E-state index in [0.717, 1.165) is 33.5 Å². The van der Waals surface area contributed by atoms with Crippen molar-refractivity contribution >= 4 is 22.5 Å². The number of hydrogen-bond acceptors (Lipinski definition) is 4. The molecule has 0 fully saturated rings. The average molecular weight is 706 g/mol. The first-order valence-corrected chi connectivity index (χ1v) is 19.1. The molecule has 54 heavy (non-hydrogen) atoms. The molecule has 0 bridgehead atoms. The third-order valence-corrected chi connectivity index (χ3v) is 12.2. The van der Waals surface area contributed by atoms with Crippen molar-refractivity contribution in [1.82, 2.24) is 15.0 Å². The molecule has 0 unspecified atom stereocenters. The summed E-state index contributed by atoms with van der Waals surface area (Å²) < 4.78 is 0. The second-order valence-electron chi connectivity index (χ2n) is 14.0. The van der Waals surface area contributed by atoms with E-state index >= 15 is 0 Å². The lowest BCUT2D eigenvalue weighted by atomic mass is 9.67. The fourth-order valence-electron chi connectivity index (χ4n) is 8.68. The molecule has 0 saturated heterocycles. The van der Waals surface area contributed by atoms with Crippen molar-refractivity contribution in [2.24, 2.45) is 0 Å². The van der Waals surface area contributed by atoms with Crippen LogP contribution >= 0.6 is 11.8 Å². The van der Waals surface area contributed by atoms with Gasteiger partial charge in [-0.25, -0.2) is 9.97 Å². The Morgan fingerprint density at radius 2 is 0.981 bits per heavy atom. The van der Waals surface area contributed by atoms with Gasteiger partial charge in [-0.15, -0.1) is 0 Å². The number of pyridine rings is 1. The predicted molar refractivity (Wildman–Crippen MR) is 221 cm³/mol. The summed E-state index contributed by atoms with van der Waals surface area (Å²) in [5.74, 6) is 0.707. The molecule has 1 aliphatic heterocycles. The van der Waals surface area contributed by atoms with E-state index in [-0.39, 0.29) is 0 Å². The van der Waals surface area contributed by atoms with Gasteiger partial charge >= 0.3 is 0 Å². The minimum absolute atomic E-state index is 0.481. The highest BCUT2D eigenvalue weighted by Crippen LogP contribution is 2.62. The van der Waals surface area contributed by atoms with Crippen molar-refractivity contribution in [1.29, 1.82) is 0 Å². The zero-order valence-corrected chi connectivity index (χ0v) is 30.0. The van der Waals surface area contributed by atoms with Crippen molar-refractivity contribution < 1.29 is 0 Å². The van der Waals surface area contributed by atoms with Gasteiger partial charge in [0.25, 0.3) is 0 Å². The van der Waals surface area contributed by atoms with Gasteiger partial charge in [-0.2, -0.15) is 0 Å². The van der Waals surface area contributed by atoms with Gasteiger partial charge in [0, 0.05) is 44.3 Å². The van der Waals surface area contributed by atoms with Crippen molar-refractivity contribution in [2.75, 3.05) is 0 Å². The Hall–Kier alpha value is -6.62. The standard InChI is InChI=1S/C50H31N3S/c1-3-12-32(13-4-1)45-30-46(33-14-5-2-6-15-33)53-49(52-45)35-23-25-42-40(29-35)39-28-34(37-17-11-16-36-31-51-27-26-38(36)37)22-24-41(39)50(42)43-18-7-9-20-47(43)54-48-21-10-8-19-44(48)50/h1-31H. The quantitative estimate of drug-likeness (QED) is 0.183. The molecule has 252 valence electrons. The number of hydrogen-bond donors (Lipinski definition) is 0. The summed E-state index contributed by atoms with van der Waals surface area (Å²) in [6, 6.07) is 63.4. The number of benzene rings is 7. The molecule has 0 amide bonds. The van der Waals surface area contributed by atoms with Crippen molar-refractivity contribution in [3.8, 4) is 56.2 Å². The molecular formula is C50H31N3S. The van der Waals surface area contributed by atoms with Crippen molar-refractivity contribution in [3.05, 3.63) is 211 Å². The third-order valence-electron chi connectivity index (χ3n) is 11.1. The van der Waals surface area contributed by atoms with Gasteiger partial charge in [-0.1, -0.05) is 151 Å². The van der Waals surface area contributed by atoms with Gasteiger partial charge in [0.1, 0.15) is 0 Å². The van der Waals surface area contributed by atoms with Crippen LogP contribution in [0.3, 0.4) is 0 Å². The van der Waals surface area contributed by atoms with Gasteiger partial charge in [0.05, 0.1) is 16.8 Å². The lowest BCUT2D eigenvalue weighted by molar-refractivity contribution is 0.722. The molecule has 9 aromatic rings. The second kappa shape index (κ2) is 12.2. The molecular weight excluding hydrogens is 675 g/mol. The average Bonchev–Trinajstić information content (AvgIpc) is 3.53. The van der Waals surface area contributed by atoms with Gasteiger partial charge in [-0.05, 0) is 86.3 Å². The molecule has 4 heteroatoms. The van der Waals surface area contributed by atoms with E-state index in [1.165, 1.54) is 59.7 Å². The number of nitrogens with zero attached hydrogens (tertiary/aromatic N) is 3. The maximum absolute atomic E-state index is 5.24. The van der Waals surface area contributed by atoms with Gasteiger partial charge < -0.3 is 0 Å². The van der Waals surface area contributed by atoms with Crippen LogP contribution in [0, 0.1) is 0 Å². The summed E-state index contributed by atoms with van der Waals surface area (Å²) in [4.78, 5) is 17.5. The maximum Gasteiger partial charge on any atom is 0.160 e. The Bertz CT molecular complexity index is 2810. The van der Waals surface area contributed by atoms with E-state index in [2.05, 4.69) is 169 Å². The number of aromatic nitrogens is 3. The fourth-order valence-corrected chi connectivity index (χ4v) is 9.87. The predicted octanol–water partition coefficient (Wildman–Crippen LogP) is 12.5. The molecule has 1 aliphatic carbocycles. The first-order chi connectivity index (χ1) is 26.8. The van der Waals surface area contributed by atoms with Crippen LogP contribution in [0.25, 0.3) is 66.9 Å². The van der Waals surface area contributed by atoms with Crippen LogP contribution in [0.1, 0.15) is 22.3 Å². The molecule has 3 heterocycles. The normalized spacial score (nSPS) is 13.3. The molecule has 0 atom stereocenters. The summed E-state index contributed by atoms with van der Waals surface area (Å²) in [7, 11) is 0. The lowest BCUT2D eigenvalue weighted by Crippen LogP contribution is -2.31. The molecule has 7 aromatic carbocycles. The van der Waals surface area contributed by atoms with Gasteiger partial charge in [0.2, 0.25) is 0 Å². The van der Waals surface area contributed by atoms with Gasteiger partial charge in [-0.3, -0.25) is 4.98 Å². The van der Waals surface area contributed by atoms with E-state index in [9.17, 15) is 0 Å². The van der Waals surface area contributed by atoms with E-state index in [4.69, 9.17) is 9.97 Å². The highest BCUT2D eigenvalue weighted by atomic mass is 32.2. The van der Waals surface area contributed by atoms with Crippen LogP contribution in [0.2, 0.25) is 0 Å². The first kappa shape index (κ1) is 31.0. The van der Waals surface area contributed by atoms with Crippen molar-refractivity contribution in [2.45, 2.75) is 15.2 Å². The first-order valence-electron chi connectivity index (χ1n) is 18.3. The fraction of sp³-hybridized carbons (Fsp3) is 0.0200. The Kier molecular flexibility index (Phi) is 7.01. The summed E-state index contributed by atoms with van der Waals surface area (Å²) in [5, 5.41) is 2.32. The molecule has 0 saturated carbocycles. The minimum atomic E-state index is -0.481. The summed E-state index contributed by atoms with van der Waals surface area (Å²) >= 11 is 1.87. The van der Waals surface area contributed by atoms with Crippen LogP contribution in [-0.4, -0.2) is 15.0 Å².